The topological polar surface area (TPSA) is 109 Å². The second kappa shape index (κ2) is 10.6. The van der Waals surface area contributed by atoms with Crippen LogP contribution in [0.1, 0.15) is 60.8 Å². The fourth-order valence-corrected chi connectivity index (χ4v) is 2.79. The van der Waals surface area contributed by atoms with Crippen LogP contribution in [0.2, 0.25) is 0 Å². The SMILES string of the molecule is CC(C)=CCC1=C([O-])C(C(=O)CC(C)C)=C([O-])C([O-])(CC=C(C)C)C1[O-].[Pb]. The standard InChI is InChI=1S/C21H30O5.Pb/c1-12(2)7-8-15-18(23)17(16(22)11-14(5)6)20(25)21(26,19(15)24)10-9-13(3)4;/h7,9,14,19,23,25H,8,10-11H2,1-6H3;/q-2;/p-2. The summed E-state index contributed by atoms with van der Waals surface area (Å²) in [6.45, 7) is 10.7. The predicted octanol–water partition coefficient (Wildman–Crippen LogP) is 0.00380. The Hall–Kier alpha value is -0.928. The van der Waals surface area contributed by atoms with E-state index in [0.29, 0.717) is 0 Å². The first kappa shape index (κ1) is 26.1. The van der Waals surface area contributed by atoms with Crippen LogP contribution in [0, 0.1) is 5.92 Å². The molecule has 0 aromatic rings. The van der Waals surface area contributed by atoms with E-state index in [4.69, 9.17) is 0 Å². The van der Waals surface area contributed by atoms with Gasteiger partial charge in [-0.15, -0.1) is 23.2 Å². The number of hydrogen-bond donors (Lipinski definition) is 0. The molecular formula is C21H28O5Pb-4. The van der Waals surface area contributed by atoms with Gasteiger partial charge in [0.15, 0.2) is 5.78 Å². The zero-order valence-corrected chi connectivity index (χ0v) is 20.9. The third-order valence-corrected chi connectivity index (χ3v) is 4.29. The van der Waals surface area contributed by atoms with Crippen molar-refractivity contribution in [2.75, 3.05) is 0 Å². The first-order valence-electron chi connectivity index (χ1n) is 8.90. The summed E-state index contributed by atoms with van der Waals surface area (Å²) in [5.74, 6) is -2.71. The van der Waals surface area contributed by atoms with Gasteiger partial charge >= 0.3 is 0 Å². The summed E-state index contributed by atoms with van der Waals surface area (Å²) in [5, 5.41) is 51.5. The molecule has 0 fully saturated rings. The molecule has 0 spiro atoms. The van der Waals surface area contributed by atoms with Crippen molar-refractivity contribution in [3.8, 4) is 0 Å². The average Bonchev–Trinajstić information content (AvgIpc) is 2.50. The van der Waals surface area contributed by atoms with Crippen molar-refractivity contribution < 1.29 is 25.2 Å². The van der Waals surface area contributed by atoms with Crippen molar-refractivity contribution >= 4 is 33.1 Å². The van der Waals surface area contributed by atoms with Gasteiger partial charge in [0.25, 0.3) is 0 Å². The Morgan fingerprint density at radius 1 is 1.11 bits per heavy atom. The van der Waals surface area contributed by atoms with Crippen molar-refractivity contribution in [2.45, 2.75) is 72.5 Å². The smallest absolute Gasteiger partial charge is 0.161 e. The Labute approximate surface area is 182 Å². The summed E-state index contributed by atoms with van der Waals surface area (Å²) < 4.78 is 0. The summed E-state index contributed by atoms with van der Waals surface area (Å²) in [4.78, 5) is 12.5. The fraction of sp³-hybridized carbons (Fsp3) is 0.571. The van der Waals surface area contributed by atoms with Gasteiger partial charge in [0.2, 0.25) is 0 Å². The maximum absolute atomic E-state index is 13.2. The maximum atomic E-state index is 13.2. The van der Waals surface area contributed by atoms with Crippen molar-refractivity contribution in [2.24, 2.45) is 5.92 Å². The Morgan fingerprint density at radius 3 is 2.07 bits per heavy atom. The van der Waals surface area contributed by atoms with E-state index in [2.05, 4.69) is 0 Å². The summed E-state index contributed by atoms with van der Waals surface area (Å²) in [7, 11) is 0. The fourth-order valence-electron chi connectivity index (χ4n) is 2.79. The minimum Gasteiger partial charge on any atom is -0.876 e. The number of rotatable bonds is 7. The Kier molecular flexibility index (Phi) is 10.2. The number of allylic oxidation sites excluding steroid dienone is 4. The molecule has 5 nitrogen and oxygen atoms in total. The minimum absolute atomic E-state index is 0. The van der Waals surface area contributed by atoms with E-state index in [1.54, 1.807) is 47.6 Å². The molecule has 0 N–H and O–H groups in total. The van der Waals surface area contributed by atoms with Crippen LogP contribution in [0.15, 0.2) is 46.0 Å². The number of carbonyl (C=O) groups excluding carboxylic acids is 1. The van der Waals surface area contributed by atoms with Crippen LogP contribution in [0.4, 0.5) is 0 Å². The molecule has 2 atom stereocenters. The number of ketones is 1. The van der Waals surface area contributed by atoms with Crippen LogP contribution in [0.3, 0.4) is 0 Å². The second-order valence-corrected chi connectivity index (χ2v) is 7.82. The number of Topliss-reactive ketones (excluding diaryl/α,β-unsaturated/α-hetero) is 1. The first-order chi connectivity index (χ1) is 11.9. The summed E-state index contributed by atoms with van der Waals surface area (Å²) in [6.07, 6.45) is 0.843. The van der Waals surface area contributed by atoms with E-state index in [9.17, 15) is 25.2 Å². The van der Waals surface area contributed by atoms with Crippen LogP contribution < -0.4 is 20.4 Å². The summed E-state index contributed by atoms with van der Waals surface area (Å²) in [6, 6.07) is 0. The van der Waals surface area contributed by atoms with Gasteiger partial charge in [0.1, 0.15) is 0 Å². The molecule has 4 radical (unpaired) electrons. The summed E-state index contributed by atoms with van der Waals surface area (Å²) >= 11 is 0. The molecule has 0 saturated heterocycles. The monoisotopic (exact) mass is 568 g/mol. The predicted molar refractivity (Wildman–Crippen MR) is 98.9 cm³/mol. The van der Waals surface area contributed by atoms with E-state index in [0.717, 1.165) is 11.1 Å². The zero-order valence-electron chi connectivity index (χ0n) is 17.0. The zero-order chi connectivity index (χ0) is 20.2. The molecule has 0 saturated carbocycles. The molecule has 27 heavy (non-hydrogen) atoms. The van der Waals surface area contributed by atoms with E-state index < -0.39 is 34.6 Å². The molecular weight excluding hydrogens is 539 g/mol. The van der Waals surface area contributed by atoms with Gasteiger partial charge in [-0.1, -0.05) is 42.7 Å². The van der Waals surface area contributed by atoms with Gasteiger partial charge in [0, 0.05) is 33.7 Å². The molecule has 0 aromatic heterocycles. The van der Waals surface area contributed by atoms with Crippen molar-refractivity contribution in [3.05, 3.63) is 46.0 Å². The third kappa shape index (κ3) is 6.29. The summed E-state index contributed by atoms with van der Waals surface area (Å²) in [5.41, 5.74) is -1.68. The maximum Gasteiger partial charge on any atom is 0.161 e. The first-order valence-corrected chi connectivity index (χ1v) is 8.90. The Bertz CT molecular complexity index is 677. The normalized spacial score (nSPS) is 22.5. The average molecular weight is 568 g/mol. The molecule has 0 aliphatic heterocycles. The molecule has 6 heteroatoms. The molecule has 2 unspecified atom stereocenters. The van der Waals surface area contributed by atoms with E-state index in [1.165, 1.54) is 6.08 Å². The molecule has 150 valence electrons. The molecule has 0 heterocycles. The van der Waals surface area contributed by atoms with Crippen LogP contribution in [-0.4, -0.2) is 44.8 Å². The third-order valence-electron chi connectivity index (χ3n) is 4.29. The molecule has 0 bridgehead atoms. The van der Waals surface area contributed by atoms with Crippen LogP contribution in [0.25, 0.3) is 0 Å². The van der Waals surface area contributed by atoms with E-state index in [-0.39, 0.29) is 58.1 Å². The van der Waals surface area contributed by atoms with E-state index >= 15 is 0 Å². The van der Waals surface area contributed by atoms with Gasteiger partial charge in [-0.3, -0.25) is 4.79 Å². The van der Waals surface area contributed by atoms with E-state index in [1.807, 2.05) is 0 Å². The van der Waals surface area contributed by atoms with Crippen molar-refractivity contribution in [1.29, 1.82) is 0 Å². The second-order valence-electron chi connectivity index (χ2n) is 7.82. The molecule has 0 amide bonds. The van der Waals surface area contributed by atoms with Crippen LogP contribution in [-0.2, 0) is 4.79 Å². The molecule has 1 aliphatic carbocycles. The van der Waals surface area contributed by atoms with Gasteiger partial charge in [-0.05, 0) is 52.0 Å². The van der Waals surface area contributed by atoms with Crippen LogP contribution in [0.5, 0.6) is 0 Å². The quantitative estimate of drug-likeness (QED) is 0.318. The van der Waals surface area contributed by atoms with Gasteiger partial charge < -0.3 is 20.4 Å². The largest absolute Gasteiger partial charge is 0.876 e. The number of hydrogen-bond acceptors (Lipinski definition) is 5. The Balaban J connectivity index is 0.00000676. The van der Waals surface area contributed by atoms with Gasteiger partial charge in [-0.2, -0.15) is 0 Å². The van der Waals surface area contributed by atoms with Crippen molar-refractivity contribution in [1.82, 2.24) is 0 Å². The van der Waals surface area contributed by atoms with Crippen molar-refractivity contribution in [3.63, 3.8) is 0 Å². The Morgan fingerprint density at radius 2 is 1.63 bits per heavy atom. The number of carbonyl (C=O) groups is 1. The van der Waals surface area contributed by atoms with Gasteiger partial charge in [-0.25, -0.2) is 0 Å². The van der Waals surface area contributed by atoms with Gasteiger partial charge in [0.05, 0.1) is 0 Å². The van der Waals surface area contributed by atoms with Crippen LogP contribution >= 0.6 is 0 Å². The molecule has 1 aliphatic rings. The molecule has 0 aromatic carbocycles. The molecule has 1 rings (SSSR count). The minimum atomic E-state index is -2.56.